The van der Waals surface area contributed by atoms with Crippen LogP contribution in [-0.4, -0.2) is 22.2 Å². The molecule has 4 nitrogen and oxygen atoms in total. The van der Waals surface area contributed by atoms with E-state index < -0.39 is 17.4 Å². The number of carboxylic acid groups (broad SMARTS) is 2. The van der Waals surface area contributed by atoms with Gasteiger partial charge in [0.1, 0.15) is 0 Å². The standard InChI is InChI=1S/C37H72O4/c1-7-11-24-32(9-3)28-37(36(40)41,29-33(10-4)25-12-8-2)30-34(31(5)6)26-22-20-18-16-14-13-15-17-19-21-23-27-35(38)39/h31-34H,7-30H2,1-6H3,(H,38,39)(H,40,41). The normalized spacial score (nSPS) is 15.5. The topological polar surface area (TPSA) is 74.6 Å². The summed E-state index contributed by atoms with van der Waals surface area (Å²) >= 11 is 0. The molecule has 0 bridgehead atoms. The number of hydrogen-bond donors (Lipinski definition) is 2. The van der Waals surface area contributed by atoms with E-state index in [2.05, 4.69) is 41.5 Å². The molecule has 0 saturated carbocycles. The highest BCUT2D eigenvalue weighted by Crippen LogP contribution is 2.46. The van der Waals surface area contributed by atoms with Gasteiger partial charge in [-0.25, -0.2) is 0 Å². The first-order valence-electron chi connectivity index (χ1n) is 18.1. The van der Waals surface area contributed by atoms with Gasteiger partial charge in [-0.05, 0) is 49.4 Å². The number of carboxylic acids is 2. The fourth-order valence-corrected chi connectivity index (χ4v) is 6.95. The molecule has 2 N–H and O–H groups in total. The highest BCUT2D eigenvalue weighted by molar-refractivity contribution is 5.74. The lowest BCUT2D eigenvalue weighted by Gasteiger charge is -2.39. The Labute approximate surface area is 256 Å². The van der Waals surface area contributed by atoms with Gasteiger partial charge in [-0.1, -0.05) is 164 Å². The smallest absolute Gasteiger partial charge is 0.309 e. The predicted molar refractivity (Wildman–Crippen MR) is 177 cm³/mol. The molecule has 0 heterocycles. The van der Waals surface area contributed by atoms with Crippen molar-refractivity contribution in [3.63, 3.8) is 0 Å². The summed E-state index contributed by atoms with van der Waals surface area (Å²) < 4.78 is 0. The summed E-state index contributed by atoms with van der Waals surface area (Å²) in [7, 11) is 0. The van der Waals surface area contributed by atoms with E-state index in [-0.39, 0.29) is 0 Å². The summed E-state index contributed by atoms with van der Waals surface area (Å²) in [6.45, 7) is 13.7. The first-order chi connectivity index (χ1) is 19.6. The van der Waals surface area contributed by atoms with Crippen LogP contribution in [-0.2, 0) is 9.59 Å². The lowest BCUT2D eigenvalue weighted by atomic mass is 9.64. The SMILES string of the molecule is CCCCC(CC)CC(CC(CC)CCCC)(CC(CCCCCCCCCCCCCC(=O)O)C(C)C)C(=O)O. The largest absolute Gasteiger partial charge is 0.481 e. The maximum Gasteiger partial charge on any atom is 0.309 e. The highest BCUT2D eigenvalue weighted by Gasteiger charge is 2.43. The van der Waals surface area contributed by atoms with Gasteiger partial charge in [0.2, 0.25) is 0 Å². The van der Waals surface area contributed by atoms with E-state index in [1.54, 1.807) is 0 Å². The molecule has 0 rings (SSSR count). The Balaban J connectivity index is 4.96. The van der Waals surface area contributed by atoms with Gasteiger partial charge in [0.15, 0.2) is 0 Å². The second-order valence-electron chi connectivity index (χ2n) is 13.9. The average molecular weight is 581 g/mol. The molecule has 0 spiro atoms. The molecule has 0 aliphatic heterocycles. The Bertz CT molecular complexity index is 610. The highest BCUT2D eigenvalue weighted by atomic mass is 16.4. The van der Waals surface area contributed by atoms with Gasteiger partial charge in [0.25, 0.3) is 0 Å². The molecule has 3 atom stereocenters. The van der Waals surface area contributed by atoms with Crippen molar-refractivity contribution in [2.24, 2.45) is 29.1 Å². The van der Waals surface area contributed by atoms with Gasteiger partial charge in [0, 0.05) is 6.42 Å². The molecule has 0 saturated heterocycles. The van der Waals surface area contributed by atoms with Crippen LogP contribution in [0.2, 0.25) is 0 Å². The maximum atomic E-state index is 13.2. The molecule has 0 aliphatic rings. The van der Waals surface area contributed by atoms with Gasteiger partial charge < -0.3 is 10.2 Å². The van der Waals surface area contributed by atoms with Crippen LogP contribution in [0.25, 0.3) is 0 Å². The minimum Gasteiger partial charge on any atom is -0.481 e. The lowest BCUT2D eigenvalue weighted by Crippen LogP contribution is -2.38. The third kappa shape index (κ3) is 19.7. The first kappa shape index (κ1) is 39.9. The molecular formula is C37H72O4. The van der Waals surface area contributed by atoms with Gasteiger partial charge in [-0.2, -0.15) is 0 Å². The second-order valence-corrected chi connectivity index (χ2v) is 13.9. The number of hydrogen-bond acceptors (Lipinski definition) is 2. The summed E-state index contributed by atoms with van der Waals surface area (Å²) in [6, 6.07) is 0. The Morgan fingerprint density at radius 2 is 0.976 bits per heavy atom. The van der Waals surface area contributed by atoms with Crippen LogP contribution in [0.1, 0.15) is 196 Å². The fraction of sp³-hybridized carbons (Fsp3) is 0.946. The van der Waals surface area contributed by atoms with Crippen LogP contribution >= 0.6 is 0 Å². The van der Waals surface area contributed by atoms with E-state index in [4.69, 9.17) is 5.11 Å². The van der Waals surface area contributed by atoms with E-state index in [1.807, 2.05) is 0 Å². The fourth-order valence-electron chi connectivity index (χ4n) is 6.95. The third-order valence-electron chi connectivity index (χ3n) is 9.96. The summed E-state index contributed by atoms with van der Waals surface area (Å²) in [5.41, 5.74) is -0.578. The molecule has 3 unspecified atom stereocenters. The van der Waals surface area contributed by atoms with Crippen molar-refractivity contribution in [2.75, 3.05) is 0 Å². The third-order valence-corrected chi connectivity index (χ3v) is 9.96. The molecule has 244 valence electrons. The summed E-state index contributed by atoms with van der Waals surface area (Å²) in [4.78, 5) is 23.8. The van der Waals surface area contributed by atoms with Crippen LogP contribution in [0.15, 0.2) is 0 Å². The number of unbranched alkanes of at least 4 members (excludes halogenated alkanes) is 12. The minimum absolute atomic E-state index is 0.311. The molecule has 0 radical (unpaired) electrons. The molecule has 4 heteroatoms. The van der Waals surface area contributed by atoms with Crippen LogP contribution < -0.4 is 0 Å². The Kier molecular flexibility index (Phi) is 24.8. The lowest BCUT2D eigenvalue weighted by molar-refractivity contribution is -0.153. The van der Waals surface area contributed by atoms with E-state index in [0.717, 1.165) is 51.4 Å². The van der Waals surface area contributed by atoms with Gasteiger partial charge >= 0.3 is 11.9 Å². The zero-order valence-corrected chi connectivity index (χ0v) is 28.5. The zero-order chi connectivity index (χ0) is 30.9. The van der Waals surface area contributed by atoms with E-state index in [1.165, 1.54) is 96.3 Å². The summed E-state index contributed by atoms with van der Waals surface area (Å²) in [5, 5.41) is 19.6. The van der Waals surface area contributed by atoms with Crippen molar-refractivity contribution >= 4 is 11.9 Å². The molecule has 0 aromatic rings. The molecule has 41 heavy (non-hydrogen) atoms. The zero-order valence-electron chi connectivity index (χ0n) is 28.5. The average Bonchev–Trinajstić information content (AvgIpc) is 2.94. The van der Waals surface area contributed by atoms with E-state index >= 15 is 0 Å². The Morgan fingerprint density at radius 3 is 1.32 bits per heavy atom. The van der Waals surface area contributed by atoms with Crippen LogP contribution in [0.4, 0.5) is 0 Å². The van der Waals surface area contributed by atoms with E-state index in [0.29, 0.717) is 30.1 Å². The molecule has 0 aliphatic carbocycles. The predicted octanol–water partition coefficient (Wildman–Crippen LogP) is 12.1. The number of carbonyl (C=O) groups is 2. The minimum atomic E-state index is -0.675. The Hall–Kier alpha value is -1.06. The van der Waals surface area contributed by atoms with Crippen LogP contribution in [0.5, 0.6) is 0 Å². The molecular weight excluding hydrogens is 508 g/mol. The maximum absolute atomic E-state index is 13.2. The van der Waals surface area contributed by atoms with Gasteiger partial charge in [-0.15, -0.1) is 0 Å². The van der Waals surface area contributed by atoms with Crippen molar-refractivity contribution in [1.29, 1.82) is 0 Å². The number of aliphatic carboxylic acids is 2. The first-order valence-corrected chi connectivity index (χ1v) is 18.1. The van der Waals surface area contributed by atoms with Gasteiger partial charge in [-0.3, -0.25) is 9.59 Å². The monoisotopic (exact) mass is 581 g/mol. The van der Waals surface area contributed by atoms with Crippen molar-refractivity contribution in [2.45, 2.75) is 196 Å². The molecule has 0 fully saturated rings. The van der Waals surface area contributed by atoms with Gasteiger partial charge in [0.05, 0.1) is 5.41 Å². The molecule has 0 aromatic carbocycles. The van der Waals surface area contributed by atoms with Crippen LogP contribution in [0.3, 0.4) is 0 Å². The Morgan fingerprint density at radius 1 is 0.561 bits per heavy atom. The molecule has 0 aromatic heterocycles. The van der Waals surface area contributed by atoms with Crippen molar-refractivity contribution in [3.05, 3.63) is 0 Å². The van der Waals surface area contributed by atoms with Crippen LogP contribution in [0, 0.1) is 29.1 Å². The second kappa shape index (κ2) is 25.4. The quantitative estimate of drug-likeness (QED) is 0.0828. The van der Waals surface area contributed by atoms with Crippen molar-refractivity contribution in [1.82, 2.24) is 0 Å². The van der Waals surface area contributed by atoms with Crippen molar-refractivity contribution in [3.8, 4) is 0 Å². The number of rotatable bonds is 30. The summed E-state index contributed by atoms with van der Waals surface area (Å²) in [5.74, 6) is 0.857. The van der Waals surface area contributed by atoms with Crippen molar-refractivity contribution < 1.29 is 19.8 Å². The molecule has 0 amide bonds. The van der Waals surface area contributed by atoms with E-state index in [9.17, 15) is 14.7 Å². The summed E-state index contributed by atoms with van der Waals surface area (Å²) in [6.07, 6.45) is 26.6.